The summed E-state index contributed by atoms with van der Waals surface area (Å²) in [6.45, 7) is 0.949. The lowest BCUT2D eigenvalue weighted by molar-refractivity contribution is 0.0660. The fourth-order valence-corrected chi connectivity index (χ4v) is 2.76. The van der Waals surface area contributed by atoms with E-state index in [0.29, 0.717) is 13.1 Å². The summed E-state index contributed by atoms with van der Waals surface area (Å²) >= 11 is 0. The van der Waals surface area contributed by atoms with E-state index in [1.54, 1.807) is 4.90 Å². The van der Waals surface area contributed by atoms with Crippen LogP contribution in [0.25, 0.3) is 0 Å². The van der Waals surface area contributed by atoms with E-state index in [1.165, 1.54) is 17.7 Å². The molecule has 0 aliphatic carbocycles. The number of benzene rings is 1. The van der Waals surface area contributed by atoms with Gasteiger partial charge in [-0.2, -0.15) is 5.10 Å². The summed E-state index contributed by atoms with van der Waals surface area (Å²) in [5.74, 6) is -0.212. The number of H-pyrrole nitrogens is 1. The van der Waals surface area contributed by atoms with E-state index in [1.807, 2.05) is 18.2 Å². The quantitative estimate of drug-likeness (QED) is 0.838. The monoisotopic (exact) mass is 284 g/mol. The van der Waals surface area contributed by atoms with Gasteiger partial charge in [0.1, 0.15) is 5.69 Å². The van der Waals surface area contributed by atoms with Crippen molar-refractivity contribution in [1.29, 1.82) is 0 Å². The van der Waals surface area contributed by atoms with Gasteiger partial charge in [-0.25, -0.2) is 5.10 Å². The van der Waals surface area contributed by atoms with Crippen molar-refractivity contribution in [1.82, 2.24) is 15.1 Å². The highest BCUT2D eigenvalue weighted by Crippen LogP contribution is 2.29. The Hall–Kier alpha value is -2.47. The number of carbonyl (C=O) groups is 1. The topological polar surface area (TPSA) is 92.1 Å². The van der Waals surface area contributed by atoms with Gasteiger partial charge < -0.3 is 10.6 Å². The van der Waals surface area contributed by atoms with Gasteiger partial charge >= 0.3 is 0 Å². The molecule has 0 saturated heterocycles. The molecular formula is C15H16N4O2. The summed E-state index contributed by atoms with van der Waals surface area (Å²) in [7, 11) is 0. The zero-order valence-electron chi connectivity index (χ0n) is 11.5. The Kier molecular flexibility index (Phi) is 3.53. The van der Waals surface area contributed by atoms with Crippen LogP contribution >= 0.6 is 0 Å². The highest BCUT2D eigenvalue weighted by atomic mass is 16.2. The maximum atomic E-state index is 12.6. The van der Waals surface area contributed by atoms with E-state index in [4.69, 9.17) is 5.73 Å². The third kappa shape index (κ3) is 2.45. The SMILES string of the molecule is NCC1c2ccccc2CCN1C(=O)c1ccc(=O)[nH]n1. The van der Waals surface area contributed by atoms with E-state index in [0.717, 1.165) is 12.0 Å². The summed E-state index contributed by atoms with van der Waals surface area (Å²) in [6, 6.07) is 10.6. The zero-order valence-corrected chi connectivity index (χ0v) is 11.5. The minimum atomic E-state index is -0.328. The first-order chi connectivity index (χ1) is 10.2. The maximum Gasteiger partial charge on any atom is 0.274 e. The lowest BCUT2D eigenvalue weighted by Crippen LogP contribution is -2.43. The predicted octanol–water partition coefficient (Wildman–Crippen LogP) is 0.468. The molecule has 3 rings (SSSR count). The number of nitrogens with zero attached hydrogens (tertiary/aromatic N) is 2. The number of nitrogens with one attached hydrogen (secondary N) is 1. The van der Waals surface area contributed by atoms with Crippen molar-refractivity contribution in [3.63, 3.8) is 0 Å². The van der Waals surface area contributed by atoms with E-state index in [-0.39, 0.29) is 23.2 Å². The van der Waals surface area contributed by atoms with Crippen molar-refractivity contribution in [3.8, 4) is 0 Å². The molecule has 1 aliphatic heterocycles. The fraction of sp³-hybridized carbons (Fsp3) is 0.267. The maximum absolute atomic E-state index is 12.6. The third-order valence-electron chi connectivity index (χ3n) is 3.79. The average molecular weight is 284 g/mol. The van der Waals surface area contributed by atoms with Crippen LogP contribution in [0.4, 0.5) is 0 Å². The van der Waals surface area contributed by atoms with Crippen molar-refractivity contribution >= 4 is 5.91 Å². The number of fused-ring (bicyclic) bond motifs is 1. The summed E-state index contributed by atoms with van der Waals surface area (Å²) in [5.41, 5.74) is 8.09. The first-order valence-electron chi connectivity index (χ1n) is 6.85. The van der Waals surface area contributed by atoms with Crippen LogP contribution in [0, 0.1) is 0 Å². The predicted molar refractivity (Wildman–Crippen MR) is 77.8 cm³/mol. The van der Waals surface area contributed by atoms with Crippen molar-refractivity contribution < 1.29 is 4.79 Å². The smallest absolute Gasteiger partial charge is 0.274 e. The Labute approximate surface area is 121 Å². The van der Waals surface area contributed by atoms with Gasteiger partial charge in [0.25, 0.3) is 11.5 Å². The Morgan fingerprint density at radius 3 is 2.86 bits per heavy atom. The number of nitrogens with two attached hydrogens (primary N) is 1. The highest BCUT2D eigenvalue weighted by Gasteiger charge is 2.30. The second-order valence-corrected chi connectivity index (χ2v) is 5.01. The van der Waals surface area contributed by atoms with Crippen molar-refractivity contribution in [2.45, 2.75) is 12.5 Å². The van der Waals surface area contributed by atoms with Gasteiger partial charge in [0, 0.05) is 19.2 Å². The molecule has 0 bridgehead atoms. The summed E-state index contributed by atoms with van der Waals surface area (Å²) in [6.07, 6.45) is 0.793. The molecule has 0 spiro atoms. The first-order valence-corrected chi connectivity index (χ1v) is 6.85. The largest absolute Gasteiger partial charge is 0.329 e. The van der Waals surface area contributed by atoms with Crippen LogP contribution in [0.15, 0.2) is 41.2 Å². The molecule has 0 radical (unpaired) electrons. The first kappa shape index (κ1) is 13.5. The minimum absolute atomic E-state index is 0.156. The van der Waals surface area contributed by atoms with Crippen molar-refractivity contribution in [2.24, 2.45) is 5.73 Å². The summed E-state index contributed by atoms with van der Waals surface area (Å²) in [4.78, 5) is 25.3. The van der Waals surface area contributed by atoms with Crippen LogP contribution in [0.2, 0.25) is 0 Å². The van der Waals surface area contributed by atoms with E-state index < -0.39 is 0 Å². The zero-order chi connectivity index (χ0) is 14.8. The number of rotatable bonds is 2. The van der Waals surface area contributed by atoms with E-state index in [9.17, 15) is 9.59 Å². The molecule has 2 heterocycles. The molecule has 0 fully saturated rings. The second-order valence-electron chi connectivity index (χ2n) is 5.01. The van der Waals surface area contributed by atoms with Gasteiger partial charge in [-0.15, -0.1) is 0 Å². The standard InChI is InChI=1S/C15H16N4O2/c16-9-13-11-4-2-1-3-10(11)7-8-19(13)15(21)12-5-6-14(20)18-17-12/h1-6,13H,7-9,16H2,(H,18,20). The molecule has 2 aromatic rings. The van der Waals surface area contributed by atoms with E-state index >= 15 is 0 Å². The third-order valence-corrected chi connectivity index (χ3v) is 3.79. The number of aromatic nitrogens is 2. The van der Waals surface area contributed by atoms with Crippen LogP contribution in [0.3, 0.4) is 0 Å². The summed E-state index contributed by atoms with van der Waals surface area (Å²) in [5, 5.41) is 6.10. The van der Waals surface area contributed by atoms with Crippen LogP contribution in [-0.4, -0.2) is 34.1 Å². The second kappa shape index (κ2) is 5.49. The van der Waals surface area contributed by atoms with Gasteiger partial charge in [-0.3, -0.25) is 9.59 Å². The molecule has 1 atom stereocenters. The van der Waals surface area contributed by atoms with Crippen LogP contribution in [0.5, 0.6) is 0 Å². The molecule has 0 saturated carbocycles. The molecule has 21 heavy (non-hydrogen) atoms. The molecule has 108 valence electrons. The normalized spacial score (nSPS) is 17.4. The van der Waals surface area contributed by atoms with Gasteiger partial charge in [0.15, 0.2) is 0 Å². The Morgan fingerprint density at radius 1 is 1.33 bits per heavy atom. The molecule has 6 nitrogen and oxygen atoms in total. The molecular weight excluding hydrogens is 268 g/mol. The lowest BCUT2D eigenvalue weighted by Gasteiger charge is -2.36. The highest BCUT2D eigenvalue weighted by molar-refractivity contribution is 5.92. The molecule has 1 unspecified atom stereocenters. The van der Waals surface area contributed by atoms with Crippen molar-refractivity contribution in [3.05, 3.63) is 63.6 Å². The van der Waals surface area contributed by atoms with E-state index in [2.05, 4.69) is 16.3 Å². The summed E-state index contributed by atoms with van der Waals surface area (Å²) < 4.78 is 0. The van der Waals surface area contributed by atoms with Gasteiger partial charge in [-0.1, -0.05) is 24.3 Å². The Morgan fingerprint density at radius 2 is 2.14 bits per heavy atom. The number of amides is 1. The minimum Gasteiger partial charge on any atom is -0.329 e. The molecule has 3 N–H and O–H groups in total. The molecule has 1 aromatic heterocycles. The number of hydrogen-bond donors (Lipinski definition) is 2. The average Bonchev–Trinajstić information content (AvgIpc) is 2.53. The van der Waals surface area contributed by atoms with Gasteiger partial charge in [0.2, 0.25) is 0 Å². The lowest BCUT2D eigenvalue weighted by atomic mass is 9.92. The van der Waals surface area contributed by atoms with Crippen LogP contribution in [-0.2, 0) is 6.42 Å². The number of aromatic amines is 1. The molecule has 1 aromatic carbocycles. The van der Waals surface area contributed by atoms with Gasteiger partial charge in [-0.05, 0) is 23.6 Å². The van der Waals surface area contributed by atoms with Crippen molar-refractivity contribution in [2.75, 3.05) is 13.1 Å². The Bertz CT molecular complexity index is 705. The number of hydrogen-bond acceptors (Lipinski definition) is 4. The van der Waals surface area contributed by atoms with Gasteiger partial charge in [0.05, 0.1) is 6.04 Å². The molecule has 1 amide bonds. The van der Waals surface area contributed by atoms with Crippen LogP contribution in [0.1, 0.15) is 27.7 Å². The fourth-order valence-electron chi connectivity index (χ4n) is 2.76. The number of carbonyl (C=O) groups excluding carboxylic acids is 1. The molecule has 1 aliphatic rings. The van der Waals surface area contributed by atoms with Crippen LogP contribution < -0.4 is 11.3 Å². The Balaban J connectivity index is 1.94. The molecule has 6 heteroatoms.